The lowest BCUT2D eigenvalue weighted by atomic mass is 10.0. The maximum absolute atomic E-state index is 12.5. The van der Waals surface area contributed by atoms with E-state index in [-0.39, 0.29) is 11.8 Å². The average molecular weight is 268 g/mol. The highest BCUT2D eigenvalue weighted by atomic mass is 16.7. The molecule has 1 spiro atoms. The van der Waals surface area contributed by atoms with Crippen LogP contribution in [0.5, 0.6) is 0 Å². The quantitative estimate of drug-likeness (QED) is 0.673. The predicted molar refractivity (Wildman–Crippen MR) is 70.9 cm³/mol. The van der Waals surface area contributed by atoms with Crippen molar-refractivity contribution in [1.82, 2.24) is 9.80 Å². The summed E-state index contributed by atoms with van der Waals surface area (Å²) in [5, 5.41) is 0. The minimum atomic E-state index is -0.379. The van der Waals surface area contributed by atoms with E-state index in [1.54, 1.807) is 0 Å². The Hall–Kier alpha value is -0.810. The first-order valence-corrected chi connectivity index (χ1v) is 7.61. The number of nitrogens with zero attached hydrogens (tertiary/aromatic N) is 2. The fraction of sp³-hybridized carbons (Fsp3) is 0.929. The number of likely N-dealkylation sites (tertiary alicyclic amines) is 2. The Balaban J connectivity index is 1.53. The molecule has 0 radical (unpaired) electrons. The third kappa shape index (κ3) is 2.87. The van der Waals surface area contributed by atoms with Crippen LogP contribution in [0.25, 0.3) is 0 Å². The molecule has 0 aromatic carbocycles. The molecule has 5 nitrogen and oxygen atoms in total. The molecule has 0 atom stereocenters. The van der Waals surface area contributed by atoms with E-state index >= 15 is 0 Å². The fourth-order valence-electron chi connectivity index (χ4n) is 3.29. The van der Waals surface area contributed by atoms with Crippen molar-refractivity contribution in [2.24, 2.45) is 0 Å². The van der Waals surface area contributed by atoms with Gasteiger partial charge in [-0.25, -0.2) is 4.79 Å². The van der Waals surface area contributed by atoms with Crippen LogP contribution in [0.2, 0.25) is 0 Å². The Morgan fingerprint density at radius 3 is 1.89 bits per heavy atom. The molecule has 2 amide bonds. The second kappa shape index (κ2) is 5.67. The molecule has 3 aliphatic heterocycles. The molecule has 0 aliphatic carbocycles. The molecule has 108 valence electrons. The zero-order valence-electron chi connectivity index (χ0n) is 11.6. The number of carbonyl (C=O) groups is 1. The summed E-state index contributed by atoms with van der Waals surface area (Å²) in [6.07, 6.45) is 6.44. The molecular weight excluding hydrogens is 244 g/mol. The molecule has 0 saturated carbocycles. The van der Waals surface area contributed by atoms with Gasteiger partial charge in [0.15, 0.2) is 5.79 Å². The van der Waals surface area contributed by atoms with Gasteiger partial charge in [-0.3, -0.25) is 0 Å². The molecular formula is C14H24N2O3. The minimum absolute atomic E-state index is 0.217. The van der Waals surface area contributed by atoms with Crippen LogP contribution in [0.15, 0.2) is 0 Å². The second-order valence-corrected chi connectivity index (χ2v) is 5.78. The lowest BCUT2D eigenvalue weighted by Crippen LogP contribution is -2.51. The Bertz CT molecular complexity index is 311. The normalized spacial score (nSPS) is 27.6. The van der Waals surface area contributed by atoms with Gasteiger partial charge in [-0.2, -0.15) is 0 Å². The maximum atomic E-state index is 12.5. The van der Waals surface area contributed by atoms with Crippen molar-refractivity contribution in [3.05, 3.63) is 0 Å². The molecule has 5 heteroatoms. The molecule has 3 fully saturated rings. The van der Waals surface area contributed by atoms with Crippen molar-refractivity contribution in [2.45, 2.75) is 44.3 Å². The Kier molecular flexibility index (Phi) is 3.93. The molecule has 0 bridgehead atoms. The van der Waals surface area contributed by atoms with E-state index in [0.717, 1.165) is 51.9 Å². The number of amides is 2. The van der Waals surface area contributed by atoms with Crippen LogP contribution < -0.4 is 0 Å². The summed E-state index contributed by atoms with van der Waals surface area (Å²) >= 11 is 0. The van der Waals surface area contributed by atoms with E-state index in [1.807, 2.05) is 9.80 Å². The van der Waals surface area contributed by atoms with Gasteiger partial charge in [0, 0.05) is 39.0 Å². The third-order valence-corrected chi connectivity index (χ3v) is 4.49. The zero-order chi connectivity index (χ0) is 13.1. The molecule has 3 heterocycles. The van der Waals surface area contributed by atoms with Crippen LogP contribution in [-0.2, 0) is 9.47 Å². The van der Waals surface area contributed by atoms with E-state index in [0.29, 0.717) is 13.2 Å². The number of ether oxygens (including phenoxy) is 2. The third-order valence-electron chi connectivity index (χ3n) is 4.49. The van der Waals surface area contributed by atoms with E-state index in [9.17, 15) is 4.79 Å². The summed E-state index contributed by atoms with van der Waals surface area (Å²) in [4.78, 5) is 16.5. The smallest absolute Gasteiger partial charge is 0.320 e. The number of piperidine rings is 1. The number of rotatable bonds is 0. The van der Waals surface area contributed by atoms with Crippen molar-refractivity contribution < 1.29 is 14.3 Å². The highest BCUT2D eigenvalue weighted by Gasteiger charge is 2.41. The number of urea groups is 1. The van der Waals surface area contributed by atoms with Gasteiger partial charge in [0.05, 0.1) is 13.2 Å². The van der Waals surface area contributed by atoms with Crippen LogP contribution >= 0.6 is 0 Å². The number of carbonyl (C=O) groups excluding carboxylic acids is 1. The van der Waals surface area contributed by atoms with Gasteiger partial charge in [0.2, 0.25) is 0 Å². The van der Waals surface area contributed by atoms with Gasteiger partial charge in [0.25, 0.3) is 0 Å². The topological polar surface area (TPSA) is 42.0 Å². The van der Waals surface area contributed by atoms with E-state index in [4.69, 9.17) is 9.47 Å². The van der Waals surface area contributed by atoms with Crippen molar-refractivity contribution >= 4 is 6.03 Å². The maximum Gasteiger partial charge on any atom is 0.320 e. The van der Waals surface area contributed by atoms with Gasteiger partial charge in [-0.15, -0.1) is 0 Å². The van der Waals surface area contributed by atoms with Crippen LogP contribution in [-0.4, -0.2) is 61.0 Å². The largest absolute Gasteiger partial charge is 0.347 e. The first kappa shape index (κ1) is 13.2. The van der Waals surface area contributed by atoms with Crippen LogP contribution in [0.1, 0.15) is 38.5 Å². The predicted octanol–water partition coefficient (Wildman–Crippen LogP) is 1.82. The molecule has 0 N–H and O–H groups in total. The summed E-state index contributed by atoms with van der Waals surface area (Å²) < 4.78 is 11.4. The summed E-state index contributed by atoms with van der Waals surface area (Å²) in [5.41, 5.74) is 0. The van der Waals surface area contributed by atoms with E-state index in [1.165, 1.54) is 12.8 Å². The monoisotopic (exact) mass is 268 g/mol. The van der Waals surface area contributed by atoms with Crippen molar-refractivity contribution in [2.75, 3.05) is 39.4 Å². The Morgan fingerprint density at radius 1 is 0.789 bits per heavy atom. The molecule has 0 aromatic heterocycles. The molecule has 3 saturated heterocycles. The first-order chi connectivity index (χ1) is 9.29. The number of hydrogen-bond acceptors (Lipinski definition) is 3. The molecule has 3 rings (SSSR count). The summed E-state index contributed by atoms with van der Waals surface area (Å²) in [6.45, 7) is 4.76. The van der Waals surface area contributed by atoms with Gasteiger partial charge < -0.3 is 19.3 Å². The van der Waals surface area contributed by atoms with Crippen molar-refractivity contribution in [3.63, 3.8) is 0 Å². The van der Waals surface area contributed by atoms with Crippen LogP contribution in [0, 0.1) is 0 Å². The van der Waals surface area contributed by atoms with Gasteiger partial charge in [-0.05, 0) is 12.8 Å². The standard InChI is InChI=1S/C14H24N2O3/c17-13(15-7-3-1-2-4-8-15)16-9-5-14(6-10-16)18-11-12-19-14/h1-12H2. The zero-order valence-corrected chi connectivity index (χ0v) is 11.6. The van der Waals surface area contributed by atoms with Gasteiger partial charge in [-0.1, -0.05) is 12.8 Å². The number of hydrogen-bond donors (Lipinski definition) is 0. The summed E-state index contributed by atoms with van der Waals surface area (Å²) in [6, 6.07) is 0.217. The highest BCUT2D eigenvalue weighted by Crippen LogP contribution is 2.31. The summed E-state index contributed by atoms with van der Waals surface area (Å²) in [5.74, 6) is -0.379. The average Bonchev–Trinajstić information content (AvgIpc) is 2.73. The van der Waals surface area contributed by atoms with Crippen LogP contribution in [0.4, 0.5) is 4.79 Å². The Labute approximate surface area is 114 Å². The van der Waals surface area contributed by atoms with Gasteiger partial charge >= 0.3 is 6.03 Å². The van der Waals surface area contributed by atoms with Crippen molar-refractivity contribution in [1.29, 1.82) is 0 Å². The SMILES string of the molecule is O=C(N1CCCCCC1)N1CCC2(CC1)OCCO2. The minimum Gasteiger partial charge on any atom is -0.347 e. The molecule has 0 unspecified atom stereocenters. The first-order valence-electron chi connectivity index (χ1n) is 7.61. The summed E-state index contributed by atoms with van der Waals surface area (Å²) in [7, 11) is 0. The van der Waals surface area contributed by atoms with E-state index in [2.05, 4.69) is 0 Å². The Morgan fingerprint density at radius 2 is 1.32 bits per heavy atom. The second-order valence-electron chi connectivity index (χ2n) is 5.78. The van der Waals surface area contributed by atoms with Gasteiger partial charge in [0.1, 0.15) is 0 Å². The van der Waals surface area contributed by atoms with Crippen molar-refractivity contribution in [3.8, 4) is 0 Å². The van der Waals surface area contributed by atoms with E-state index < -0.39 is 0 Å². The lowest BCUT2D eigenvalue weighted by Gasteiger charge is -2.39. The molecule has 0 aromatic rings. The highest BCUT2D eigenvalue weighted by molar-refractivity contribution is 5.74. The fourth-order valence-corrected chi connectivity index (χ4v) is 3.29. The molecule has 3 aliphatic rings. The lowest BCUT2D eigenvalue weighted by molar-refractivity contribution is -0.181. The molecule has 19 heavy (non-hydrogen) atoms. The van der Waals surface area contributed by atoms with Crippen LogP contribution in [0.3, 0.4) is 0 Å².